The molecule has 1 aromatic heterocycles. The number of aryl methyl sites for hydroxylation is 2. The summed E-state index contributed by atoms with van der Waals surface area (Å²) in [5.41, 5.74) is 2.13. The van der Waals surface area contributed by atoms with E-state index >= 15 is 0 Å². The van der Waals surface area contributed by atoms with Gasteiger partial charge in [-0.2, -0.15) is 5.10 Å². The fraction of sp³-hybridized carbons (Fsp3) is 0.636. The SMILES string of the molecule is Cc1nn(C)cc1CC(Br)C(=O)C(C)C. The predicted octanol–water partition coefficient (Wildman–Crippen LogP) is 2.26. The lowest BCUT2D eigenvalue weighted by molar-refractivity contribution is -0.121. The highest BCUT2D eigenvalue weighted by molar-refractivity contribution is 9.10. The van der Waals surface area contributed by atoms with Gasteiger partial charge in [0.25, 0.3) is 0 Å². The van der Waals surface area contributed by atoms with Gasteiger partial charge in [-0.25, -0.2) is 0 Å². The summed E-state index contributed by atoms with van der Waals surface area (Å²) < 4.78 is 1.78. The maximum Gasteiger partial charge on any atom is 0.149 e. The van der Waals surface area contributed by atoms with Gasteiger partial charge in [0.15, 0.2) is 0 Å². The minimum absolute atomic E-state index is 0.0753. The maximum atomic E-state index is 11.7. The molecule has 1 aromatic rings. The third kappa shape index (κ3) is 3.16. The Morgan fingerprint density at radius 3 is 2.60 bits per heavy atom. The quantitative estimate of drug-likeness (QED) is 0.789. The molecule has 0 spiro atoms. The standard InChI is InChI=1S/C11H17BrN2O/c1-7(2)11(15)10(12)5-9-6-14(4)13-8(9)3/h6-7,10H,5H2,1-4H3. The number of nitrogens with zero attached hydrogens (tertiary/aromatic N) is 2. The van der Waals surface area contributed by atoms with E-state index in [1.807, 2.05) is 34.0 Å². The molecule has 0 bridgehead atoms. The number of hydrogen-bond acceptors (Lipinski definition) is 2. The number of alkyl halides is 1. The van der Waals surface area contributed by atoms with E-state index in [4.69, 9.17) is 0 Å². The van der Waals surface area contributed by atoms with E-state index < -0.39 is 0 Å². The van der Waals surface area contributed by atoms with Gasteiger partial charge in [-0.05, 0) is 18.9 Å². The highest BCUT2D eigenvalue weighted by Gasteiger charge is 2.19. The number of halogens is 1. The monoisotopic (exact) mass is 272 g/mol. The molecule has 84 valence electrons. The molecule has 0 fully saturated rings. The number of aromatic nitrogens is 2. The van der Waals surface area contributed by atoms with Gasteiger partial charge in [0.1, 0.15) is 5.78 Å². The van der Waals surface area contributed by atoms with Crippen molar-refractivity contribution >= 4 is 21.7 Å². The Balaban J connectivity index is 2.70. The van der Waals surface area contributed by atoms with Crippen molar-refractivity contribution in [1.29, 1.82) is 0 Å². The van der Waals surface area contributed by atoms with Gasteiger partial charge in [-0.3, -0.25) is 9.48 Å². The van der Waals surface area contributed by atoms with E-state index in [9.17, 15) is 4.79 Å². The second-order valence-corrected chi connectivity index (χ2v) is 5.25. The van der Waals surface area contributed by atoms with Crippen molar-refractivity contribution in [2.75, 3.05) is 0 Å². The number of rotatable bonds is 4. The van der Waals surface area contributed by atoms with E-state index in [0.29, 0.717) is 0 Å². The van der Waals surface area contributed by atoms with Crippen LogP contribution in [0.25, 0.3) is 0 Å². The van der Waals surface area contributed by atoms with Crippen LogP contribution in [-0.4, -0.2) is 20.4 Å². The lowest BCUT2D eigenvalue weighted by Gasteiger charge is -2.10. The van der Waals surface area contributed by atoms with E-state index in [1.165, 1.54) is 0 Å². The summed E-state index contributed by atoms with van der Waals surface area (Å²) in [5, 5.41) is 4.25. The zero-order chi connectivity index (χ0) is 11.6. The number of ketones is 1. The Morgan fingerprint density at radius 1 is 1.60 bits per heavy atom. The van der Waals surface area contributed by atoms with Crippen LogP contribution in [0, 0.1) is 12.8 Å². The lowest BCUT2D eigenvalue weighted by atomic mass is 10.0. The fourth-order valence-electron chi connectivity index (χ4n) is 1.50. The molecule has 1 heterocycles. The third-order valence-corrected chi connectivity index (χ3v) is 3.17. The van der Waals surface area contributed by atoms with Crippen LogP contribution in [0.2, 0.25) is 0 Å². The second kappa shape index (κ2) is 4.92. The Kier molecular flexibility index (Phi) is 4.08. The maximum absolute atomic E-state index is 11.7. The van der Waals surface area contributed by atoms with Crippen LogP contribution in [-0.2, 0) is 18.3 Å². The van der Waals surface area contributed by atoms with Gasteiger partial charge in [-0.15, -0.1) is 0 Å². The average Bonchev–Trinajstić information content (AvgIpc) is 2.43. The molecule has 0 amide bonds. The minimum atomic E-state index is -0.0969. The molecule has 1 unspecified atom stereocenters. The van der Waals surface area contributed by atoms with Crippen molar-refractivity contribution in [2.45, 2.75) is 32.0 Å². The number of hydrogen-bond donors (Lipinski definition) is 0. The normalized spacial score (nSPS) is 13.2. The highest BCUT2D eigenvalue weighted by Crippen LogP contribution is 2.16. The molecule has 0 saturated heterocycles. The van der Waals surface area contributed by atoms with Gasteiger partial charge in [0, 0.05) is 19.2 Å². The molecule has 4 heteroatoms. The minimum Gasteiger partial charge on any atom is -0.298 e. The highest BCUT2D eigenvalue weighted by atomic mass is 79.9. The van der Waals surface area contributed by atoms with Gasteiger partial charge in [0.2, 0.25) is 0 Å². The first-order valence-corrected chi connectivity index (χ1v) is 6.00. The smallest absolute Gasteiger partial charge is 0.149 e. The summed E-state index contributed by atoms with van der Waals surface area (Å²) >= 11 is 3.44. The zero-order valence-electron chi connectivity index (χ0n) is 9.62. The lowest BCUT2D eigenvalue weighted by Crippen LogP contribution is -2.21. The molecule has 15 heavy (non-hydrogen) atoms. The predicted molar refractivity (Wildman–Crippen MR) is 64.2 cm³/mol. The van der Waals surface area contributed by atoms with Crippen molar-refractivity contribution in [2.24, 2.45) is 13.0 Å². The number of carbonyl (C=O) groups excluding carboxylic acids is 1. The van der Waals surface area contributed by atoms with Crippen LogP contribution in [0.5, 0.6) is 0 Å². The third-order valence-electron chi connectivity index (χ3n) is 2.39. The molecular formula is C11H17BrN2O. The first-order valence-electron chi connectivity index (χ1n) is 5.08. The number of Topliss-reactive ketones (excluding diaryl/α,β-unsaturated/α-hetero) is 1. The molecule has 0 radical (unpaired) electrons. The molecule has 3 nitrogen and oxygen atoms in total. The Bertz CT molecular complexity index is 357. The Labute approximate surface area is 99.0 Å². The van der Waals surface area contributed by atoms with E-state index in [0.717, 1.165) is 17.7 Å². The van der Waals surface area contributed by atoms with Crippen LogP contribution in [0.1, 0.15) is 25.1 Å². The van der Waals surface area contributed by atoms with Crippen molar-refractivity contribution in [1.82, 2.24) is 9.78 Å². The van der Waals surface area contributed by atoms with Crippen molar-refractivity contribution in [3.63, 3.8) is 0 Å². The van der Waals surface area contributed by atoms with E-state index in [-0.39, 0.29) is 16.5 Å². The van der Waals surface area contributed by atoms with Gasteiger partial charge in [-0.1, -0.05) is 29.8 Å². The van der Waals surface area contributed by atoms with Crippen molar-refractivity contribution in [3.8, 4) is 0 Å². The first kappa shape index (κ1) is 12.4. The van der Waals surface area contributed by atoms with E-state index in [1.54, 1.807) is 4.68 Å². The van der Waals surface area contributed by atoms with Crippen LogP contribution in [0.3, 0.4) is 0 Å². The fourth-order valence-corrected chi connectivity index (χ4v) is 2.38. The van der Waals surface area contributed by atoms with Crippen molar-refractivity contribution in [3.05, 3.63) is 17.5 Å². The van der Waals surface area contributed by atoms with Crippen LogP contribution < -0.4 is 0 Å². The molecule has 0 aliphatic heterocycles. The summed E-state index contributed by atoms with van der Waals surface area (Å²) in [5.74, 6) is 0.324. The largest absolute Gasteiger partial charge is 0.298 e. The first-order chi connectivity index (χ1) is 6.91. The molecule has 1 atom stereocenters. The summed E-state index contributed by atoms with van der Waals surface area (Å²) in [6, 6.07) is 0. The molecule has 1 rings (SSSR count). The van der Waals surface area contributed by atoms with Gasteiger partial charge in [0.05, 0.1) is 10.5 Å². The molecule has 0 aliphatic rings. The van der Waals surface area contributed by atoms with E-state index in [2.05, 4.69) is 21.0 Å². The van der Waals surface area contributed by atoms with Crippen LogP contribution >= 0.6 is 15.9 Å². The van der Waals surface area contributed by atoms with Crippen molar-refractivity contribution < 1.29 is 4.79 Å². The Morgan fingerprint density at radius 2 is 2.20 bits per heavy atom. The molecule has 0 saturated carbocycles. The zero-order valence-corrected chi connectivity index (χ0v) is 11.2. The molecule has 0 aromatic carbocycles. The number of carbonyl (C=O) groups is 1. The van der Waals surface area contributed by atoms with Crippen LogP contribution in [0.4, 0.5) is 0 Å². The average molecular weight is 273 g/mol. The second-order valence-electron chi connectivity index (χ2n) is 4.14. The summed E-state index contributed by atoms with van der Waals surface area (Å²) in [4.78, 5) is 11.6. The summed E-state index contributed by atoms with van der Waals surface area (Å²) in [7, 11) is 1.89. The molecule has 0 N–H and O–H groups in total. The Hall–Kier alpha value is -0.640. The molecule has 0 aliphatic carbocycles. The van der Waals surface area contributed by atoms with Crippen LogP contribution in [0.15, 0.2) is 6.20 Å². The van der Waals surface area contributed by atoms with Gasteiger partial charge < -0.3 is 0 Å². The topological polar surface area (TPSA) is 34.9 Å². The van der Waals surface area contributed by atoms with Gasteiger partial charge >= 0.3 is 0 Å². The molecular weight excluding hydrogens is 256 g/mol. The summed E-state index contributed by atoms with van der Waals surface area (Å²) in [6.07, 6.45) is 2.69. The summed E-state index contributed by atoms with van der Waals surface area (Å²) in [6.45, 7) is 5.81.